The number of aliphatic hydroxyl groups excluding tert-OH is 1. The van der Waals surface area contributed by atoms with Crippen molar-refractivity contribution in [2.45, 2.75) is 111 Å². The molecule has 32 heavy (non-hydrogen) atoms. The molecule has 0 aromatic carbocycles. The Morgan fingerprint density at radius 3 is 2.38 bits per heavy atom. The van der Waals surface area contributed by atoms with E-state index in [1.54, 1.807) is 5.57 Å². The van der Waals surface area contributed by atoms with Crippen LogP contribution in [0.3, 0.4) is 0 Å². The molecule has 10 atom stereocenters. The summed E-state index contributed by atoms with van der Waals surface area (Å²) in [6.45, 7) is 16.8. The molecule has 0 radical (unpaired) electrons. The molecule has 3 heteroatoms. The van der Waals surface area contributed by atoms with Crippen LogP contribution in [-0.4, -0.2) is 22.4 Å². The lowest BCUT2D eigenvalue weighted by Gasteiger charge is -2.69. The Labute approximate surface area is 195 Å². The molecule has 0 aromatic heterocycles. The minimum Gasteiger partial charge on any atom is -0.393 e. The first-order chi connectivity index (χ1) is 15.0. The zero-order chi connectivity index (χ0) is 23.1. The van der Waals surface area contributed by atoms with Gasteiger partial charge < -0.3 is 5.11 Å². The van der Waals surface area contributed by atoms with Crippen molar-refractivity contribution in [3.63, 3.8) is 0 Å². The van der Waals surface area contributed by atoms with Gasteiger partial charge in [0, 0.05) is 23.7 Å². The smallest absolute Gasteiger partial charge is 0.130 e. The maximum absolute atomic E-state index is 10.4. The van der Waals surface area contributed by atoms with Gasteiger partial charge in [-0.1, -0.05) is 59.3 Å². The van der Waals surface area contributed by atoms with Gasteiger partial charge in [0.15, 0.2) is 0 Å². The van der Waals surface area contributed by atoms with Crippen molar-refractivity contribution in [3.8, 4) is 0 Å². The van der Waals surface area contributed by atoms with Crippen LogP contribution in [0.1, 0.15) is 93.4 Å². The van der Waals surface area contributed by atoms with Gasteiger partial charge in [-0.2, -0.15) is 0 Å². The largest absolute Gasteiger partial charge is 0.393 e. The summed E-state index contributed by atoms with van der Waals surface area (Å²) in [5, 5.41) is 10.4. The number of fused-ring (bicyclic) bond motifs is 2. The summed E-state index contributed by atoms with van der Waals surface area (Å²) in [6, 6.07) is 0. The Morgan fingerprint density at radius 2 is 1.72 bits per heavy atom. The van der Waals surface area contributed by atoms with E-state index in [4.69, 9.17) is 9.78 Å². The quantitative estimate of drug-likeness (QED) is 0.382. The van der Waals surface area contributed by atoms with Gasteiger partial charge in [0.2, 0.25) is 0 Å². The topological polar surface area (TPSA) is 38.7 Å². The molecule has 0 amide bonds. The third kappa shape index (κ3) is 2.89. The lowest BCUT2D eigenvalue weighted by Crippen LogP contribution is -2.73. The standard InChI is InChI=1S/C29H46O3/c1-18(2)21(5)19(3)16-20(4)23-8-9-24-26(23,6)12-11-25-27(7)13-10-22(30)17-28(27)14-15-29(24,25)32-31-28/h14-16,18,20-25,30H,8-13,17H2,1-7H3/b19-16+. The second kappa shape index (κ2) is 7.43. The number of aliphatic hydroxyl groups is 1. The number of hydrogen-bond acceptors (Lipinski definition) is 3. The number of hydrogen-bond donors (Lipinski definition) is 1. The lowest BCUT2D eigenvalue weighted by atomic mass is 9.43. The molecule has 1 N–H and O–H groups in total. The van der Waals surface area contributed by atoms with E-state index in [0.717, 1.165) is 12.8 Å². The zero-order valence-corrected chi connectivity index (χ0v) is 21.5. The molecular weight excluding hydrogens is 396 g/mol. The highest BCUT2D eigenvalue weighted by Crippen LogP contribution is 2.72. The maximum atomic E-state index is 10.4. The minimum atomic E-state index is -0.442. The van der Waals surface area contributed by atoms with E-state index < -0.39 is 5.60 Å². The molecule has 2 spiro atoms. The number of rotatable bonds is 4. The van der Waals surface area contributed by atoms with E-state index in [9.17, 15) is 5.11 Å². The van der Waals surface area contributed by atoms with Crippen molar-refractivity contribution in [3.05, 3.63) is 23.8 Å². The molecule has 6 aliphatic rings. The Bertz CT molecular complexity index is 815. The first kappa shape index (κ1) is 23.1. The van der Waals surface area contributed by atoms with Crippen molar-refractivity contribution < 1.29 is 14.9 Å². The van der Waals surface area contributed by atoms with Crippen LogP contribution in [0.15, 0.2) is 23.8 Å². The third-order valence-corrected chi connectivity index (χ3v) is 11.6. The summed E-state index contributed by atoms with van der Waals surface area (Å²) in [7, 11) is 0. The number of allylic oxidation sites excluding steroid dienone is 2. The highest BCUT2D eigenvalue weighted by Gasteiger charge is 2.74. The average molecular weight is 443 g/mol. The van der Waals surface area contributed by atoms with Crippen LogP contribution < -0.4 is 0 Å². The minimum absolute atomic E-state index is 0.0629. The second-order valence-corrected chi connectivity index (χ2v) is 13.2. The zero-order valence-electron chi connectivity index (χ0n) is 21.5. The van der Waals surface area contributed by atoms with Crippen LogP contribution in [0.25, 0.3) is 0 Å². The summed E-state index contributed by atoms with van der Waals surface area (Å²) < 4.78 is 0. The first-order valence-electron chi connectivity index (χ1n) is 13.4. The average Bonchev–Trinajstić information content (AvgIpc) is 3.11. The molecule has 3 nitrogen and oxygen atoms in total. The summed E-state index contributed by atoms with van der Waals surface area (Å²) in [4.78, 5) is 12.8. The molecule has 180 valence electrons. The van der Waals surface area contributed by atoms with Crippen molar-refractivity contribution in [2.24, 2.45) is 46.3 Å². The van der Waals surface area contributed by atoms with Crippen molar-refractivity contribution in [2.75, 3.05) is 0 Å². The summed E-state index contributed by atoms with van der Waals surface area (Å²) >= 11 is 0. The molecule has 10 unspecified atom stereocenters. The van der Waals surface area contributed by atoms with Gasteiger partial charge in [0.1, 0.15) is 11.2 Å². The second-order valence-electron chi connectivity index (χ2n) is 13.2. The molecular formula is C29H46O3. The summed E-state index contributed by atoms with van der Waals surface area (Å²) in [5.41, 5.74) is 1.17. The van der Waals surface area contributed by atoms with Crippen LogP contribution in [0, 0.1) is 46.3 Å². The van der Waals surface area contributed by atoms with Crippen LogP contribution >= 0.6 is 0 Å². The van der Waals surface area contributed by atoms with Gasteiger partial charge in [0.25, 0.3) is 0 Å². The lowest BCUT2D eigenvalue weighted by molar-refractivity contribution is -0.497. The van der Waals surface area contributed by atoms with Crippen LogP contribution in [-0.2, 0) is 9.78 Å². The van der Waals surface area contributed by atoms with E-state index in [2.05, 4.69) is 66.7 Å². The monoisotopic (exact) mass is 442 g/mol. The molecule has 2 aliphatic heterocycles. The molecule has 3 saturated carbocycles. The van der Waals surface area contributed by atoms with Gasteiger partial charge in [-0.15, -0.1) is 0 Å². The van der Waals surface area contributed by atoms with Gasteiger partial charge in [-0.25, -0.2) is 9.78 Å². The molecule has 2 heterocycles. The molecule has 2 bridgehead atoms. The fourth-order valence-electron chi connectivity index (χ4n) is 9.21. The Morgan fingerprint density at radius 1 is 0.969 bits per heavy atom. The normalized spacial score (nSPS) is 51.8. The van der Waals surface area contributed by atoms with E-state index >= 15 is 0 Å². The van der Waals surface area contributed by atoms with Crippen molar-refractivity contribution in [1.82, 2.24) is 0 Å². The van der Waals surface area contributed by atoms with Gasteiger partial charge >= 0.3 is 0 Å². The van der Waals surface area contributed by atoms with Crippen molar-refractivity contribution >= 4 is 0 Å². The fourth-order valence-corrected chi connectivity index (χ4v) is 9.21. The Balaban J connectivity index is 1.46. The van der Waals surface area contributed by atoms with Gasteiger partial charge in [0.05, 0.1) is 6.10 Å². The summed E-state index contributed by atoms with van der Waals surface area (Å²) in [6.07, 6.45) is 14.6. The molecule has 1 saturated heterocycles. The third-order valence-electron chi connectivity index (χ3n) is 11.6. The van der Waals surface area contributed by atoms with E-state index in [1.807, 2.05) is 0 Å². The molecule has 0 aromatic rings. The van der Waals surface area contributed by atoms with Crippen LogP contribution in [0.5, 0.6) is 0 Å². The first-order valence-corrected chi connectivity index (χ1v) is 13.4. The maximum Gasteiger partial charge on any atom is 0.130 e. The van der Waals surface area contributed by atoms with E-state index in [0.29, 0.717) is 41.9 Å². The fraction of sp³-hybridized carbons (Fsp3) is 0.862. The molecule has 4 fully saturated rings. The Kier molecular flexibility index (Phi) is 5.37. The van der Waals surface area contributed by atoms with Crippen LogP contribution in [0.4, 0.5) is 0 Å². The van der Waals surface area contributed by atoms with Crippen molar-refractivity contribution in [1.29, 1.82) is 0 Å². The van der Waals surface area contributed by atoms with Crippen LogP contribution in [0.2, 0.25) is 0 Å². The highest BCUT2D eigenvalue weighted by molar-refractivity contribution is 5.33. The molecule has 6 rings (SSSR count). The van der Waals surface area contributed by atoms with E-state index in [1.165, 1.54) is 25.7 Å². The predicted octanol–water partition coefficient (Wildman–Crippen LogP) is 6.86. The highest BCUT2D eigenvalue weighted by atomic mass is 17.2. The predicted molar refractivity (Wildman–Crippen MR) is 129 cm³/mol. The summed E-state index contributed by atoms with van der Waals surface area (Å²) in [5.74, 6) is 3.62. The molecule has 4 aliphatic carbocycles. The SMILES string of the molecule is C/C(=C\C(C)C1CCC2C1(C)CCC1C23C=CC2(CC(O)CCC12C)OO3)C(C)C(C)C. The van der Waals surface area contributed by atoms with Gasteiger partial charge in [-0.3, -0.25) is 0 Å². The van der Waals surface area contributed by atoms with E-state index in [-0.39, 0.29) is 22.5 Å². The van der Waals surface area contributed by atoms with Gasteiger partial charge in [-0.05, 0) is 80.6 Å². The Hall–Kier alpha value is -0.640.